The zero-order chi connectivity index (χ0) is 18.4. The normalized spacial score (nSPS) is 28.3. The van der Waals surface area contributed by atoms with Crippen LogP contribution in [-0.4, -0.2) is 63.5 Å². The zero-order valence-electron chi connectivity index (χ0n) is 15.3. The molecule has 2 amide bonds. The molecule has 2 saturated heterocycles. The molecule has 0 bridgehead atoms. The van der Waals surface area contributed by atoms with Gasteiger partial charge in [-0.1, -0.05) is 20.8 Å². The number of amides is 2. The van der Waals surface area contributed by atoms with Gasteiger partial charge in [0.25, 0.3) is 0 Å². The third-order valence-corrected chi connectivity index (χ3v) is 6.74. The van der Waals surface area contributed by atoms with Crippen molar-refractivity contribution >= 4 is 29.5 Å². The first-order valence-electron chi connectivity index (χ1n) is 9.02. The van der Waals surface area contributed by atoms with Gasteiger partial charge in [-0.3, -0.25) is 14.4 Å². The van der Waals surface area contributed by atoms with E-state index in [0.29, 0.717) is 31.1 Å². The lowest BCUT2D eigenvalue weighted by atomic mass is 9.90. The van der Waals surface area contributed by atoms with Gasteiger partial charge in [0.1, 0.15) is 6.04 Å². The summed E-state index contributed by atoms with van der Waals surface area (Å²) < 4.78 is 0. The number of piperidine rings is 1. The van der Waals surface area contributed by atoms with Gasteiger partial charge in [0, 0.05) is 25.3 Å². The predicted octanol–water partition coefficient (Wildman–Crippen LogP) is 2.04. The van der Waals surface area contributed by atoms with E-state index in [4.69, 9.17) is 0 Å². The zero-order valence-corrected chi connectivity index (χ0v) is 16.1. The number of carboxylic acids is 1. The van der Waals surface area contributed by atoms with Gasteiger partial charge >= 0.3 is 5.97 Å². The Morgan fingerprint density at radius 2 is 1.84 bits per heavy atom. The van der Waals surface area contributed by atoms with Gasteiger partial charge in [0.15, 0.2) is 0 Å². The summed E-state index contributed by atoms with van der Waals surface area (Å²) in [5, 5.41) is 9.18. The highest BCUT2D eigenvalue weighted by Gasteiger charge is 2.59. The third kappa shape index (κ3) is 3.81. The van der Waals surface area contributed by atoms with Crippen molar-refractivity contribution in [3.8, 4) is 0 Å². The second kappa shape index (κ2) is 6.49. The van der Waals surface area contributed by atoms with Crippen molar-refractivity contribution in [2.75, 3.05) is 24.7 Å². The van der Waals surface area contributed by atoms with Crippen molar-refractivity contribution in [1.29, 1.82) is 0 Å². The second-order valence-electron chi connectivity index (χ2n) is 8.90. The van der Waals surface area contributed by atoms with Crippen LogP contribution in [0.15, 0.2) is 0 Å². The van der Waals surface area contributed by atoms with Crippen LogP contribution in [0.2, 0.25) is 0 Å². The van der Waals surface area contributed by atoms with Crippen molar-refractivity contribution in [3.05, 3.63) is 0 Å². The lowest BCUT2D eigenvalue weighted by Gasteiger charge is -2.36. The summed E-state index contributed by atoms with van der Waals surface area (Å²) in [5.41, 5.74) is -0.165. The van der Waals surface area contributed by atoms with Crippen LogP contribution in [0.5, 0.6) is 0 Å². The van der Waals surface area contributed by atoms with E-state index in [0.717, 1.165) is 19.3 Å². The predicted molar refractivity (Wildman–Crippen MR) is 96.0 cm³/mol. The maximum Gasteiger partial charge on any atom is 0.307 e. The van der Waals surface area contributed by atoms with Gasteiger partial charge in [-0.15, -0.1) is 11.8 Å². The van der Waals surface area contributed by atoms with Gasteiger partial charge in [0.05, 0.1) is 11.8 Å². The first-order valence-corrected chi connectivity index (χ1v) is 10.2. The van der Waals surface area contributed by atoms with E-state index in [1.807, 2.05) is 25.7 Å². The van der Waals surface area contributed by atoms with Crippen LogP contribution in [0.1, 0.15) is 46.5 Å². The molecule has 6 nitrogen and oxygen atoms in total. The van der Waals surface area contributed by atoms with Crippen LogP contribution in [-0.2, 0) is 14.4 Å². The lowest BCUT2D eigenvalue weighted by Crippen LogP contribution is -2.51. The van der Waals surface area contributed by atoms with Crippen molar-refractivity contribution in [3.63, 3.8) is 0 Å². The molecule has 2 heterocycles. The van der Waals surface area contributed by atoms with Gasteiger partial charge in [-0.25, -0.2) is 0 Å². The summed E-state index contributed by atoms with van der Waals surface area (Å²) in [7, 11) is 0. The molecule has 25 heavy (non-hydrogen) atoms. The number of thioether (sulfide) groups is 1. The van der Waals surface area contributed by atoms with Crippen LogP contribution in [0.25, 0.3) is 0 Å². The summed E-state index contributed by atoms with van der Waals surface area (Å²) in [6.45, 7) is 7.33. The van der Waals surface area contributed by atoms with Crippen LogP contribution in [0.3, 0.4) is 0 Å². The Bertz CT molecular complexity index is 578. The summed E-state index contributed by atoms with van der Waals surface area (Å²) in [6.07, 6.45) is 2.73. The summed E-state index contributed by atoms with van der Waals surface area (Å²) >= 11 is 1.63. The molecule has 140 valence electrons. The summed E-state index contributed by atoms with van der Waals surface area (Å²) in [6, 6.07) is -0.358. The first-order chi connectivity index (χ1) is 11.6. The molecule has 1 aliphatic carbocycles. The molecule has 2 atom stereocenters. The minimum absolute atomic E-state index is 0.0367. The van der Waals surface area contributed by atoms with E-state index in [9.17, 15) is 19.5 Å². The largest absolute Gasteiger partial charge is 0.481 e. The quantitative estimate of drug-likeness (QED) is 0.825. The summed E-state index contributed by atoms with van der Waals surface area (Å²) in [5.74, 6) is 0.410. The minimum Gasteiger partial charge on any atom is -0.481 e. The number of hydrogen-bond donors (Lipinski definition) is 1. The Morgan fingerprint density at radius 3 is 2.36 bits per heavy atom. The van der Waals surface area contributed by atoms with Crippen molar-refractivity contribution in [2.45, 2.75) is 52.5 Å². The SMILES string of the molecule is CC(C)(C)CC(=O)N1CSCC1C(=O)N1CCC2(CC1)CC2C(=O)O. The molecule has 1 spiro atoms. The molecular formula is C18H28N2O4S. The van der Waals surface area contributed by atoms with Crippen LogP contribution >= 0.6 is 11.8 Å². The van der Waals surface area contributed by atoms with E-state index >= 15 is 0 Å². The molecule has 3 rings (SSSR count). The maximum absolute atomic E-state index is 12.9. The highest BCUT2D eigenvalue weighted by molar-refractivity contribution is 7.99. The highest BCUT2D eigenvalue weighted by Crippen LogP contribution is 2.59. The number of carbonyl (C=O) groups is 3. The number of hydrogen-bond acceptors (Lipinski definition) is 4. The van der Waals surface area contributed by atoms with Crippen molar-refractivity contribution < 1.29 is 19.5 Å². The molecule has 3 fully saturated rings. The smallest absolute Gasteiger partial charge is 0.307 e. The van der Waals surface area contributed by atoms with Crippen molar-refractivity contribution in [2.24, 2.45) is 16.7 Å². The van der Waals surface area contributed by atoms with Crippen LogP contribution in [0.4, 0.5) is 0 Å². The maximum atomic E-state index is 12.9. The van der Waals surface area contributed by atoms with Gasteiger partial charge in [-0.2, -0.15) is 0 Å². The molecule has 0 aromatic rings. The number of nitrogens with zero attached hydrogens (tertiary/aromatic N) is 2. The molecule has 2 unspecified atom stereocenters. The monoisotopic (exact) mass is 368 g/mol. The van der Waals surface area contributed by atoms with Crippen LogP contribution in [0, 0.1) is 16.7 Å². The number of aliphatic carboxylic acids is 1. The number of likely N-dealkylation sites (tertiary alicyclic amines) is 1. The van der Waals surface area contributed by atoms with E-state index in [2.05, 4.69) is 0 Å². The van der Waals surface area contributed by atoms with Gasteiger partial charge in [-0.05, 0) is 30.1 Å². The number of carboxylic acid groups (broad SMARTS) is 1. The van der Waals surface area contributed by atoms with Gasteiger partial charge in [0.2, 0.25) is 11.8 Å². The Hall–Kier alpha value is -1.24. The molecule has 1 saturated carbocycles. The van der Waals surface area contributed by atoms with Crippen LogP contribution < -0.4 is 0 Å². The molecular weight excluding hydrogens is 340 g/mol. The fourth-order valence-electron chi connectivity index (χ4n) is 4.08. The fraction of sp³-hybridized carbons (Fsp3) is 0.833. The van der Waals surface area contributed by atoms with E-state index in [1.54, 1.807) is 16.7 Å². The van der Waals surface area contributed by atoms with E-state index in [1.165, 1.54) is 0 Å². The lowest BCUT2D eigenvalue weighted by molar-refractivity contribution is -0.145. The molecule has 0 aromatic heterocycles. The third-order valence-electron chi connectivity index (χ3n) is 5.73. The Morgan fingerprint density at radius 1 is 1.20 bits per heavy atom. The molecule has 1 N–H and O–H groups in total. The topological polar surface area (TPSA) is 77.9 Å². The molecule has 0 radical (unpaired) electrons. The van der Waals surface area contributed by atoms with Gasteiger partial charge < -0.3 is 14.9 Å². The Balaban J connectivity index is 1.58. The summed E-state index contributed by atoms with van der Waals surface area (Å²) in [4.78, 5) is 40.2. The molecule has 3 aliphatic rings. The Kier molecular flexibility index (Phi) is 4.81. The first kappa shape index (κ1) is 18.5. The minimum atomic E-state index is -0.703. The average Bonchev–Trinajstić information content (AvgIpc) is 3.00. The fourth-order valence-corrected chi connectivity index (χ4v) is 5.25. The molecule has 7 heteroatoms. The Labute approximate surface area is 153 Å². The highest BCUT2D eigenvalue weighted by atomic mass is 32.2. The standard InChI is InChI=1S/C18H28N2O4S/c1-17(2,3)9-14(21)20-11-25-10-13(20)15(22)19-6-4-18(5-7-19)8-12(18)16(23)24/h12-13H,4-11H2,1-3H3,(H,23,24). The van der Waals surface area contributed by atoms with E-state index < -0.39 is 5.97 Å². The average molecular weight is 368 g/mol. The second-order valence-corrected chi connectivity index (χ2v) is 9.90. The number of carbonyl (C=O) groups excluding carboxylic acids is 2. The van der Waals surface area contributed by atoms with E-state index in [-0.39, 0.29) is 34.6 Å². The van der Waals surface area contributed by atoms with Crippen molar-refractivity contribution in [1.82, 2.24) is 9.80 Å². The molecule has 0 aromatic carbocycles. The number of rotatable bonds is 3. The molecule has 2 aliphatic heterocycles.